The number of fused-ring (bicyclic) bond motifs is 1. The van der Waals surface area contributed by atoms with Gasteiger partial charge in [0.2, 0.25) is 0 Å². The summed E-state index contributed by atoms with van der Waals surface area (Å²) in [4.78, 5) is 7.79. The van der Waals surface area contributed by atoms with Gasteiger partial charge in [0.1, 0.15) is 0 Å². The van der Waals surface area contributed by atoms with Gasteiger partial charge in [0.05, 0.1) is 11.0 Å². The highest BCUT2D eigenvalue weighted by atomic mass is 79.9. The van der Waals surface area contributed by atoms with E-state index < -0.39 is 0 Å². The Hall–Kier alpha value is -0.830. The topological polar surface area (TPSA) is 28.7 Å². The van der Waals surface area contributed by atoms with Crippen LogP contribution in [0.25, 0.3) is 11.0 Å². The van der Waals surface area contributed by atoms with E-state index >= 15 is 0 Å². The number of imidazole rings is 1. The zero-order valence-corrected chi connectivity index (χ0v) is 11.6. The molecule has 0 saturated heterocycles. The fourth-order valence-corrected chi connectivity index (χ4v) is 2.82. The Morgan fingerprint density at radius 2 is 1.81 bits per heavy atom. The number of H-pyrrole nitrogens is 1. The highest BCUT2D eigenvalue weighted by molar-refractivity contribution is 9.10. The van der Waals surface area contributed by atoms with Gasteiger partial charge in [-0.3, -0.25) is 0 Å². The zero-order chi connectivity index (χ0) is 11.7. The van der Waals surface area contributed by atoms with E-state index in [0.29, 0.717) is 0 Å². The van der Waals surface area contributed by atoms with Crippen LogP contribution in [0, 0.1) is 0 Å². The number of benzene rings is 1. The minimum absolute atomic E-state index is 0.826. The van der Waals surface area contributed by atoms with E-state index in [0.717, 1.165) is 35.0 Å². The molecule has 0 aliphatic heterocycles. The normalized spacial score (nSPS) is 11.2. The fourth-order valence-electron chi connectivity index (χ4n) is 2.43. The Bertz CT molecular complexity index is 514. The maximum absolute atomic E-state index is 4.53. The molecule has 1 aromatic carbocycles. The average Bonchev–Trinajstić information content (AvgIpc) is 2.66. The molecule has 0 aliphatic carbocycles. The van der Waals surface area contributed by atoms with Crippen molar-refractivity contribution in [3.05, 3.63) is 27.5 Å². The molecule has 1 N–H and O–H groups in total. The number of hydrogen-bond donors (Lipinski definition) is 1. The molecule has 0 fully saturated rings. The van der Waals surface area contributed by atoms with E-state index in [-0.39, 0.29) is 0 Å². The highest BCUT2D eigenvalue weighted by Crippen LogP contribution is 2.27. The molecule has 86 valence electrons. The van der Waals surface area contributed by atoms with Crippen LogP contribution in [-0.4, -0.2) is 9.97 Å². The predicted octanol–water partition coefficient (Wildman–Crippen LogP) is 4.01. The van der Waals surface area contributed by atoms with E-state index in [2.05, 4.69) is 52.7 Å². The lowest BCUT2D eigenvalue weighted by atomic mass is 9.94. The molecule has 2 nitrogen and oxygen atoms in total. The molecule has 0 saturated carbocycles. The van der Waals surface area contributed by atoms with E-state index in [1.165, 1.54) is 16.7 Å². The predicted molar refractivity (Wildman–Crippen MR) is 71.9 cm³/mol. The first-order valence-electron chi connectivity index (χ1n) is 5.90. The summed E-state index contributed by atoms with van der Waals surface area (Å²) in [6.45, 7) is 6.64. The molecular formula is C13H17BrN2. The summed E-state index contributed by atoms with van der Waals surface area (Å²) in [5.74, 6) is 0. The highest BCUT2D eigenvalue weighted by Gasteiger charge is 2.12. The molecule has 0 aliphatic rings. The molecule has 0 amide bonds. The Kier molecular flexibility index (Phi) is 3.33. The Morgan fingerprint density at radius 1 is 1.12 bits per heavy atom. The SMILES string of the molecule is CCc1cc2[nH]c(Br)nc2c(CC)c1CC. The molecule has 0 spiro atoms. The number of aromatic amines is 1. The van der Waals surface area contributed by atoms with Gasteiger partial charge in [0.25, 0.3) is 0 Å². The van der Waals surface area contributed by atoms with Crippen LogP contribution < -0.4 is 0 Å². The third-order valence-electron chi connectivity index (χ3n) is 3.15. The molecule has 2 rings (SSSR count). The van der Waals surface area contributed by atoms with Crippen LogP contribution in [0.2, 0.25) is 0 Å². The molecule has 0 radical (unpaired) electrons. The lowest BCUT2D eigenvalue weighted by molar-refractivity contribution is 0.990. The number of aryl methyl sites for hydroxylation is 2. The largest absolute Gasteiger partial charge is 0.332 e. The molecule has 0 atom stereocenters. The standard InChI is InChI=1S/C13H17BrN2/c1-4-8-7-11-12(16-13(14)15-11)10(6-3)9(8)5-2/h7H,4-6H2,1-3H3,(H,15,16). The first-order chi connectivity index (χ1) is 7.71. The van der Waals surface area contributed by atoms with Crippen molar-refractivity contribution in [2.75, 3.05) is 0 Å². The number of rotatable bonds is 3. The second kappa shape index (κ2) is 4.58. The van der Waals surface area contributed by atoms with Crippen LogP contribution in [0.15, 0.2) is 10.8 Å². The second-order valence-corrected chi connectivity index (χ2v) is 4.73. The molecule has 0 bridgehead atoms. The second-order valence-electron chi connectivity index (χ2n) is 3.98. The summed E-state index contributed by atoms with van der Waals surface area (Å²) in [5, 5.41) is 0. The number of aromatic nitrogens is 2. The molecule has 0 unspecified atom stereocenters. The van der Waals surface area contributed by atoms with Crippen molar-refractivity contribution in [2.45, 2.75) is 40.0 Å². The molecule has 3 heteroatoms. The maximum Gasteiger partial charge on any atom is 0.175 e. The number of nitrogens with zero attached hydrogens (tertiary/aromatic N) is 1. The molecule has 2 aromatic rings. The average molecular weight is 281 g/mol. The van der Waals surface area contributed by atoms with E-state index in [4.69, 9.17) is 0 Å². The van der Waals surface area contributed by atoms with Crippen LogP contribution in [0.3, 0.4) is 0 Å². The smallest absolute Gasteiger partial charge is 0.175 e. The van der Waals surface area contributed by atoms with Crippen molar-refractivity contribution in [1.29, 1.82) is 0 Å². The first kappa shape index (κ1) is 11.6. The summed E-state index contributed by atoms with van der Waals surface area (Å²) in [5.41, 5.74) is 6.61. The lowest BCUT2D eigenvalue weighted by Crippen LogP contribution is -1.99. The van der Waals surface area contributed by atoms with Crippen molar-refractivity contribution < 1.29 is 0 Å². The quantitative estimate of drug-likeness (QED) is 0.904. The summed E-state index contributed by atoms with van der Waals surface area (Å²) >= 11 is 3.41. The summed E-state index contributed by atoms with van der Waals surface area (Å²) in [7, 11) is 0. The van der Waals surface area contributed by atoms with E-state index in [9.17, 15) is 0 Å². The molecule has 16 heavy (non-hydrogen) atoms. The van der Waals surface area contributed by atoms with Crippen LogP contribution in [0.5, 0.6) is 0 Å². The Morgan fingerprint density at radius 3 is 2.38 bits per heavy atom. The monoisotopic (exact) mass is 280 g/mol. The van der Waals surface area contributed by atoms with Crippen molar-refractivity contribution in [2.24, 2.45) is 0 Å². The van der Waals surface area contributed by atoms with Crippen LogP contribution in [-0.2, 0) is 19.3 Å². The third kappa shape index (κ3) is 1.77. The van der Waals surface area contributed by atoms with Gasteiger partial charge >= 0.3 is 0 Å². The molecular weight excluding hydrogens is 264 g/mol. The van der Waals surface area contributed by atoms with Gasteiger partial charge in [-0.2, -0.15) is 0 Å². The maximum atomic E-state index is 4.53. The van der Waals surface area contributed by atoms with Crippen LogP contribution in [0.1, 0.15) is 37.5 Å². The molecule has 1 heterocycles. The third-order valence-corrected chi connectivity index (χ3v) is 3.52. The summed E-state index contributed by atoms with van der Waals surface area (Å²) in [6, 6.07) is 2.24. The van der Waals surface area contributed by atoms with Gasteiger partial charge in [-0.05, 0) is 57.9 Å². The lowest BCUT2D eigenvalue weighted by Gasteiger charge is -2.12. The van der Waals surface area contributed by atoms with Gasteiger partial charge in [0.15, 0.2) is 4.73 Å². The van der Waals surface area contributed by atoms with Crippen molar-refractivity contribution >= 4 is 27.0 Å². The minimum atomic E-state index is 0.826. The zero-order valence-electron chi connectivity index (χ0n) is 10.0. The number of hydrogen-bond acceptors (Lipinski definition) is 1. The van der Waals surface area contributed by atoms with Crippen molar-refractivity contribution in [3.63, 3.8) is 0 Å². The van der Waals surface area contributed by atoms with Crippen LogP contribution in [0.4, 0.5) is 0 Å². The summed E-state index contributed by atoms with van der Waals surface area (Å²) in [6.07, 6.45) is 3.22. The van der Waals surface area contributed by atoms with Gasteiger partial charge in [-0.25, -0.2) is 4.98 Å². The number of nitrogens with one attached hydrogen (secondary N) is 1. The molecule has 1 aromatic heterocycles. The summed E-state index contributed by atoms with van der Waals surface area (Å²) < 4.78 is 0.826. The van der Waals surface area contributed by atoms with Gasteiger partial charge < -0.3 is 4.98 Å². The number of halogens is 1. The minimum Gasteiger partial charge on any atom is -0.332 e. The Labute approximate surface area is 105 Å². The fraction of sp³-hybridized carbons (Fsp3) is 0.462. The van der Waals surface area contributed by atoms with Crippen molar-refractivity contribution in [1.82, 2.24) is 9.97 Å². The van der Waals surface area contributed by atoms with Gasteiger partial charge in [-0.15, -0.1) is 0 Å². The van der Waals surface area contributed by atoms with E-state index in [1.54, 1.807) is 0 Å². The van der Waals surface area contributed by atoms with Gasteiger partial charge in [0, 0.05) is 0 Å². The van der Waals surface area contributed by atoms with Gasteiger partial charge in [-0.1, -0.05) is 20.8 Å². The van der Waals surface area contributed by atoms with E-state index in [1.807, 2.05) is 0 Å². The Balaban J connectivity index is 2.81. The van der Waals surface area contributed by atoms with Crippen molar-refractivity contribution in [3.8, 4) is 0 Å². The van der Waals surface area contributed by atoms with Crippen LogP contribution >= 0.6 is 15.9 Å². The first-order valence-corrected chi connectivity index (χ1v) is 6.69.